The van der Waals surface area contributed by atoms with Crippen LogP contribution in [0.25, 0.3) is 0 Å². The standard InChI is InChI=1S/C12H15ClO4/c1-14-10-4-3-8(5-11(10)15-2)12-16-7-9(6-13)17-12/h3-5,9,12H,6-7H2,1-2H3. The first-order valence-electron chi connectivity index (χ1n) is 5.33. The van der Waals surface area contributed by atoms with Gasteiger partial charge in [-0.25, -0.2) is 0 Å². The Hall–Kier alpha value is -0.970. The van der Waals surface area contributed by atoms with Crippen molar-refractivity contribution in [1.82, 2.24) is 0 Å². The van der Waals surface area contributed by atoms with E-state index in [-0.39, 0.29) is 12.4 Å². The van der Waals surface area contributed by atoms with Gasteiger partial charge in [-0.15, -0.1) is 11.6 Å². The smallest absolute Gasteiger partial charge is 0.184 e. The molecule has 94 valence electrons. The van der Waals surface area contributed by atoms with Crippen molar-refractivity contribution in [3.05, 3.63) is 23.8 Å². The maximum atomic E-state index is 5.72. The van der Waals surface area contributed by atoms with Crippen molar-refractivity contribution in [2.75, 3.05) is 26.7 Å². The van der Waals surface area contributed by atoms with Crippen LogP contribution in [0.3, 0.4) is 0 Å². The van der Waals surface area contributed by atoms with Crippen LogP contribution in [0.4, 0.5) is 0 Å². The Morgan fingerprint density at radius 1 is 1.29 bits per heavy atom. The molecule has 5 heteroatoms. The van der Waals surface area contributed by atoms with Crippen molar-refractivity contribution >= 4 is 11.6 Å². The molecule has 1 fully saturated rings. The molecule has 2 unspecified atom stereocenters. The molecule has 1 aliphatic rings. The van der Waals surface area contributed by atoms with Gasteiger partial charge in [-0.2, -0.15) is 0 Å². The van der Waals surface area contributed by atoms with Crippen molar-refractivity contribution in [3.63, 3.8) is 0 Å². The molecule has 0 spiro atoms. The van der Waals surface area contributed by atoms with Gasteiger partial charge in [0.2, 0.25) is 0 Å². The summed E-state index contributed by atoms with van der Waals surface area (Å²) in [5, 5.41) is 0. The first-order valence-corrected chi connectivity index (χ1v) is 5.87. The third-order valence-corrected chi connectivity index (χ3v) is 2.95. The minimum Gasteiger partial charge on any atom is -0.493 e. The molecule has 0 aliphatic carbocycles. The molecule has 17 heavy (non-hydrogen) atoms. The quantitative estimate of drug-likeness (QED) is 0.777. The Kier molecular flexibility index (Phi) is 4.10. The molecule has 1 aromatic carbocycles. The van der Waals surface area contributed by atoms with E-state index in [1.807, 2.05) is 18.2 Å². The van der Waals surface area contributed by atoms with Crippen molar-refractivity contribution < 1.29 is 18.9 Å². The van der Waals surface area contributed by atoms with Crippen molar-refractivity contribution in [2.45, 2.75) is 12.4 Å². The number of halogens is 1. The maximum Gasteiger partial charge on any atom is 0.184 e. The largest absolute Gasteiger partial charge is 0.493 e. The molecule has 1 aliphatic heterocycles. The number of alkyl halides is 1. The van der Waals surface area contributed by atoms with Crippen LogP contribution in [0.1, 0.15) is 11.9 Å². The summed E-state index contributed by atoms with van der Waals surface area (Å²) in [5.41, 5.74) is 0.898. The summed E-state index contributed by atoms with van der Waals surface area (Å²) in [6, 6.07) is 5.57. The molecular weight excluding hydrogens is 244 g/mol. The predicted molar refractivity (Wildman–Crippen MR) is 63.8 cm³/mol. The minimum atomic E-state index is -0.376. The van der Waals surface area contributed by atoms with Gasteiger partial charge in [0.25, 0.3) is 0 Å². The number of ether oxygens (including phenoxy) is 4. The van der Waals surface area contributed by atoms with E-state index < -0.39 is 0 Å². The van der Waals surface area contributed by atoms with E-state index in [1.54, 1.807) is 14.2 Å². The fourth-order valence-electron chi connectivity index (χ4n) is 1.70. The predicted octanol–water partition coefficient (Wildman–Crippen LogP) is 2.36. The molecule has 0 N–H and O–H groups in total. The topological polar surface area (TPSA) is 36.9 Å². The maximum absolute atomic E-state index is 5.72. The fraction of sp³-hybridized carbons (Fsp3) is 0.500. The molecule has 2 rings (SSSR count). The van der Waals surface area contributed by atoms with Gasteiger partial charge in [0.15, 0.2) is 17.8 Å². The molecular formula is C12H15ClO4. The van der Waals surface area contributed by atoms with Gasteiger partial charge in [-0.1, -0.05) is 6.07 Å². The van der Waals surface area contributed by atoms with E-state index in [1.165, 1.54) is 0 Å². The SMILES string of the molecule is COc1ccc(C2OCC(CCl)O2)cc1OC. The number of hydrogen-bond acceptors (Lipinski definition) is 4. The van der Waals surface area contributed by atoms with Crippen LogP contribution in [-0.4, -0.2) is 32.8 Å². The average Bonchev–Trinajstić information content (AvgIpc) is 2.86. The molecule has 1 saturated heterocycles. The molecule has 2 atom stereocenters. The van der Waals surface area contributed by atoms with Crippen molar-refractivity contribution in [1.29, 1.82) is 0 Å². The van der Waals surface area contributed by atoms with Gasteiger partial charge in [0.1, 0.15) is 0 Å². The van der Waals surface area contributed by atoms with E-state index in [9.17, 15) is 0 Å². The lowest BCUT2D eigenvalue weighted by molar-refractivity contribution is -0.0568. The van der Waals surface area contributed by atoms with Gasteiger partial charge < -0.3 is 18.9 Å². The lowest BCUT2D eigenvalue weighted by Crippen LogP contribution is -2.10. The molecule has 0 aromatic heterocycles. The highest BCUT2D eigenvalue weighted by Crippen LogP contribution is 2.34. The molecule has 4 nitrogen and oxygen atoms in total. The third-order valence-electron chi connectivity index (χ3n) is 2.60. The van der Waals surface area contributed by atoms with Gasteiger partial charge in [0, 0.05) is 5.56 Å². The highest BCUT2D eigenvalue weighted by molar-refractivity contribution is 6.18. The summed E-state index contributed by atoms with van der Waals surface area (Å²) in [5.74, 6) is 1.78. The number of benzene rings is 1. The number of rotatable bonds is 4. The summed E-state index contributed by atoms with van der Waals surface area (Å²) in [7, 11) is 3.20. The summed E-state index contributed by atoms with van der Waals surface area (Å²) >= 11 is 5.72. The molecule has 0 radical (unpaired) electrons. The Bertz CT molecular complexity index is 383. The van der Waals surface area contributed by atoms with Crippen LogP contribution in [0.5, 0.6) is 11.5 Å². The van der Waals surface area contributed by atoms with Crippen LogP contribution in [0.2, 0.25) is 0 Å². The second-order valence-corrected chi connectivity index (χ2v) is 4.00. The number of methoxy groups -OCH3 is 2. The zero-order valence-corrected chi connectivity index (χ0v) is 10.6. The Morgan fingerprint density at radius 2 is 2.06 bits per heavy atom. The zero-order chi connectivity index (χ0) is 12.3. The average molecular weight is 259 g/mol. The molecule has 0 amide bonds. The van der Waals surface area contributed by atoms with Gasteiger partial charge in [-0.3, -0.25) is 0 Å². The van der Waals surface area contributed by atoms with Crippen LogP contribution in [0, 0.1) is 0 Å². The van der Waals surface area contributed by atoms with E-state index in [0.29, 0.717) is 24.0 Å². The highest BCUT2D eigenvalue weighted by atomic mass is 35.5. The van der Waals surface area contributed by atoms with Gasteiger partial charge >= 0.3 is 0 Å². The second kappa shape index (κ2) is 5.58. The van der Waals surface area contributed by atoms with E-state index >= 15 is 0 Å². The van der Waals surface area contributed by atoms with Gasteiger partial charge in [0.05, 0.1) is 32.8 Å². The van der Waals surface area contributed by atoms with Crippen LogP contribution in [-0.2, 0) is 9.47 Å². The van der Waals surface area contributed by atoms with Crippen molar-refractivity contribution in [2.24, 2.45) is 0 Å². The van der Waals surface area contributed by atoms with E-state index in [0.717, 1.165) is 5.56 Å². The van der Waals surface area contributed by atoms with Crippen LogP contribution < -0.4 is 9.47 Å². The second-order valence-electron chi connectivity index (χ2n) is 3.69. The molecule has 1 heterocycles. The normalized spacial score (nSPS) is 23.7. The fourth-order valence-corrected chi connectivity index (χ4v) is 1.87. The Labute approximate surface area is 105 Å². The lowest BCUT2D eigenvalue weighted by atomic mass is 10.2. The van der Waals surface area contributed by atoms with Gasteiger partial charge in [-0.05, 0) is 12.1 Å². The lowest BCUT2D eigenvalue weighted by Gasteiger charge is -2.13. The summed E-state index contributed by atoms with van der Waals surface area (Å²) in [6.07, 6.45) is -0.423. The Morgan fingerprint density at radius 3 is 2.65 bits per heavy atom. The summed E-state index contributed by atoms with van der Waals surface area (Å²) in [4.78, 5) is 0. The molecule has 0 saturated carbocycles. The van der Waals surface area contributed by atoms with E-state index in [2.05, 4.69) is 0 Å². The Balaban J connectivity index is 2.16. The minimum absolute atomic E-state index is 0.0465. The first kappa shape index (κ1) is 12.5. The molecule has 1 aromatic rings. The highest BCUT2D eigenvalue weighted by Gasteiger charge is 2.27. The van der Waals surface area contributed by atoms with E-state index in [4.69, 9.17) is 30.5 Å². The van der Waals surface area contributed by atoms with Crippen LogP contribution in [0.15, 0.2) is 18.2 Å². The summed E-state index contributed by atoms with van der Waals surface area (Å²) in [6.45, 7) is 0.516. The van der Waals surface area contributed by atoms with Crippen LogP contribution >= 0.6 is 11.6 Å². The van der Waals surface area contributed by atoms with Crippen molar-refractivity contribution in [3.8, 4) is 11.5 Å². The summed E-state index contributed by atoms with van der Waals surface area (Å²) < 4.78 is 21.5. The third kappa shape index (κ3) is 2.65. The molecule has 0 bridgehead atoms. The monoisotopic (exact) mass is 258 g/mol. The number of hydrogen-bond donors (Lipinski definition) is 0. The first-order chi connectivity index (χ1) is 8.28. The zero-order valence-electron chi connectivity index (χ0n) is 9.81.